The molecular weight excluding hydrogens is 304 g/mol. The summed E-state index contributed by atoms with van der Waals surface area (Å²) in [5.41, 5.74) is 1.96. The molecule has 1 aliphatic rings. The predicted octanol–water partition coefficient (Wildman–Crippen LogP) is 1.74. The number of esters is 1. The number of carboxylic acid groups (broad SMARTS) is 1. The van der Waals surface area contributed by atoms with Crippen LogP contribution in [0.4, 0.5) is 0 Å². The van der Waals surface area contributed by atoms with Gasteiger partial charge in [-0.2, -0.15) is 0 Å². The van der Waals surface area contributed by atoms with E-state index in [4.69, 9.17) is 22.1 Å². The van der Waals surface area contributed by atoms with E-state index >= 15 is 0 Å². The maximum absolute atomic E-state index is 12.2. The smallest absolute Gasteiger partial charge is 0.338 e. The standard InChI is InChI=1S/C15H16N2O4S/c1-3-21-14(20)11-8(2)16-15(22)17-12(11)9-4-6-10(7-5-9)13(18)19/h4-7,12H,3H2,1-2H3,(H,18,19)(H2,16,17,22)/t12-/m0/s1. The van der Waals surface area contributed by atoms with E-state index in [2.05, 4.69) is 10.6 Å². The highest BCUT2D eigenvalue weighted by Crippen LogP contribution is 2.27. The average molecular weight is 320 g/mol. The molecule has 0 spiro atoms. The molecule has 0 amide bonds. The Bertz CT molecular complexity index is 652. The summed E-state index contributed by atoms with van der Waals surface area (Å²) in [5, 5.41) is 15.3. The van der Waals surface area contributed by atoms with Gasteiger partial charge < -0.3 is 20.5 Å². The zero-order valence-corrected chi connectivity index (χ0v) is 13.0. The van der Waals surface area contributed by atoms with Crippen molar-refractivity contribution in [3.8, 4) is 0 Å². The Hall–Kier alpha value is -2.41. The van der Waals surface area contributed by atoms with E-state index in [1.165, 1.54) is 12.1 Å². The van der Waals surface area contributed by atoms with Crippen molar-refractivity contribution in [2.45, 2.75) is 19.9 Å². The number of ether oxygens (including phenoxy) is 1. The van der Waals surface area contributed by atoms with Crippen LogP contribution >= 0.6 is 12.2 Å². The van der Waals surface area contributed by atoms with E-state index in [-0.39, 0.29) is 12.2 Å². The summed E-state index contributed by atoms with van der Waals surface area (Å²) >= 11 is 5.13. The van der Waals surface area contributed by atoms with E-state index < -0.39 is 18.0 Å². The fourth-order valence-corrected chi connectivity index (χ4v) is 2.51. The predicted molar refractivity (Wildman–Crippen MR) is 84.3 cm³/mol. The van der Waals surface area contributed by atoms with Gasteiger partial charge in [-0.15, -0.1) is 0 Å². The van der Waals surface area contributed by atoms with Gasteiger partial charge in [0.15, 0.2) is 5.11 Å². The van der Waals surface area contributed by atoms with Crippen LogP contribution in [0.15, 0.2) is 35.5 Å². The Kier molecular flexibility index (Phi) is 4.77. The summed E-state index contributed by atoms with van der Waals surface area (Å²) in [5.74, 6) is -1.44. The second-order valence-electron chi connectivity index (χ2n) is 4.72. The third kappa shape index (κ3) is 3.25. The number of carbonyl (C=O) groups excluding carboxylic acids is 1. The number of carbonyl (C=O) groups is 2. The van der Waals surface area contributed by atoms with Crippen molar-refractivity contribution in [1.29, 1.82) is 0 Å². The SMILES string of the molecule is CCOC(=O)C1=C(C)NC(=S)N[C@H]1c1ccc(C(=O)O)cc1. The molecule has 1 heterocycles. The molecule has 116 valence electrons. The molecule has 0 radical (unpaired) electrons. The van der Waals surface area contributed by atoms with E-state index in [0.717, 1.165) is 5.56 Å². The lowest BCUT2D eigenvalue weighted by Crippen LogP contribution is -2.45. The molecule has 0 aromatic heterocycles. The van der Waals surface area contributed by atoms with Gasteiger partial charge >= 0.3 is 11.9 Å². The first-order chi connectivity index (χ1) is 10.4. The van der Waals surface area contributed by atoms with E-state index in [0.29, 0.717) is 16.4 Å². The van der Waals surface area contributed by atoms with Gasteiger partial charge in [-0.1, -0.05) is 12.1 Å². The first-order valence-electron chi connectivity index (χ1n) is 6.72. The Labute approximate surface area is 133 Å². The lowest BCUT2D eigenvalue weighted by Gasteiger charge is -2.29. The van der Waals surface area contributed by atoms with Crippen molar-refractivity contribution in [1.82, 2.24) is 10.6 Å². The van der Waals surface area contributed by atoms with Gasteiger partial charge in [0.2, 0.25) is 0 Å². The minimum Gasteiger partial charge on any atom is -0.478 e. The van der Waals surface area contributed by atoms with Gasteiger partial charge in [-0.3, -0.25) is 0 Å². The monoisotopic (exact) mass is 320 g/mol. The number of hydrogen-bond donors (Lipinski definition) is 3. The first-order valence-corrected chi connectivity index (χ1v) is 7.13. The highest BCUT2D eigenvalue weighted by Gasteiger charge is 2.30. The molecule has 0 saturated heterocycles. The van der Waals surface area contributed by atoms with Gasteiger partial charge in [-0.05, 0) is 43.8 Å². The molecule has 1 aromatic carbocycles. The summed E-state index contributed by atoms with van der Waals surface area (Å²) in [4.78, 5) is 23.1. The fourth-order valence-electron chi connectivity index (χ4n) is 2.24. The van der Waals surface area contributed by atoms with Crippen molar-refractivity contribution in [2.24, 2.45) is 0 Å². The van der Waals surface area contributed by atoms with Crippen LogP contribution in [-0.2, 0) is 9.53 Å². The molecule has 3 N–H and O–H groups in total. The number of hydrogen-bond acceptors (Lipinski definition) is 4. The molecule has 7 heteroatoms. The maximum atomic E-state index is 12.2. The summed E-state index contributed by atoms with van der Waals surface area (Å²) in [7, 11) is 0. The molecule has 0 bridgehead atoms. The van der Waals surface area contributed by atoms with Crippen molar-refractivity contribution in [2.75, 3.05) is 6.61 Å². The third-order valence-electron chi connectivity index (χ3n) is 3.26. The minimum absolute atomic E-state index is 0.179. The molecule has 2 rings (SSSR count). The van der Waals surface area contributed by atoms with Gasteiger partial charge in [0, 0.05) is 5.70 Å². The normalized spacial score (nSPS) is 17.5. The van der Waals surface area contributed by atoms with E-state index in [9.17, 15) is 9.59 Å². The van der Waals surface area contributed by atoms with Crippen molar-refractivity contribution >= 4 is 29.3 Å². The minimum atomic E-state index is -1.00. The maximum Gasteiger partial charge on any atom is 0.338 e. The zero-order chi connectivity index (χ0) is 16.3. The molecule has 0 fully saturated rings. The summed E-state index contributed by atoms with van der Waals surface area (Å²) in [6.45, 7) is 3.75. The number of thiocarbonyl (C=S) groups is 1. The fraction of sp³-hybridized carbons (Fsp3) is 0.267. The van der Waals surface area contributed by atoms with Crippen LogP contribution in [0.3, 0.4) is 0 Å². The Morgan fingerprint density at radius 1 is 1.32 bits per heavy atom. The van der Waals surface area contributed by atoms with Crippen LogP contribution in [0.2, 0.25) is 0 Å². The van der Waals surface area contributed by atoms with Crippen LogP contribution in [-0.4, -0.2) is 28.8 Å². The summed E-state index contributed by atoms with van der Waals surface area (Å²) in [6, 6.07) is 5.81. The van der Waals surface area contributed by atoms with Gasteiger partial charge in [0.25, 0.3) is 0 Å². The largest absolute Gasteiger partial charge is 0.478 e. The van der Waals surface area contributed by atoms with Gasteiger partial charge in [0.1, 0.15) is 0 Å². The number of nitrogens with one attached hydrogen (secondary N) is 2. The number of carboxylic acids is 1. The number of allylic oxidation sites excluding steroid dienone is 1. The highest BCUT2D eigenvalue weighted by atomic mass is 32.1. The first kappa shape index (κ1) is 16.0. The zero-order valence-electron chi connectivity index (χ0n) is 12.2. The topological polar surface area (TPSA) is 87.7 Å². The van der Waals surface area contributed by atoms with Crippen LogP contribution in [0.5, 0.6) is 0 Å². The Morgan fingerprint density at radius 3 is 2.50 bits per heavy atom. The number of rotatable bonds is 4. The molecule has 0 aliphatic carbocycles. The molecule has 1 aromatic rings. The van der Waals surface area contributed by atoms with Crippen molar-refractivity contribution in [3.63, 3.8) is 0 Å². The van der Waals surface area contributed by atoms with Gasteiger partial charge in [-0.25, -0.2) is 9.59 Å². The molecule has 22 heavy (non-hydrogen) atoms. The lowest BCUT2D eigenvalue weighted by atomic mass is 9.95. The lowest BCUT2D eigenvalue weighted by molar-refractivity contribution is -0.139. The van der Waals surface area contributed by atoms with E-state index in [1.807, 2.05) is 0 Å². The van der Waals surface area contributed by atoms with Crippen LogP contribution in [0.25, 0.3) is 0 Å². The number of benzene rings is 1. The van der Waals surface area contributed by atoms with E-state index in [1.54, 1.807) is 26.0 Å². The summed E-state index contributed by atoms with van der Waals surface area (Å²) in [6.07, 6.45) is 0. The van der Waals surface area contributed by atoms with Crippen molar-refractivity contribution < 1.29 is 19.4 Å². The molecule has 0 unspecified atom stereocenters. The van der Waals surface area contributed by atoms with Crippen LogP contribution < -0.4 is 10.6 Å². The molecule has 6 nitrogen and oxygen atoms in total. The molecule has 1 aliphatic heterocycles. The summed E-state index contributed by atoms with van der Waals surface area (Å²) < 4.78 is 5.09. The molecule has 0 saturated carbocycles. The quantitative estimate of drug-likeness (QED) is 0.575. The Balaban J connectivity index is 2.40. The highest BCUT2D eigenvalue weighted by molar-refractivity contribution is 7.80. The van der Waals surface area contributed by atoms with Gasteiger partial charge in [0.05, 0.1) is 23.8 Å². The Morgan fingerprint density at radius 2 is 1.95 bits per heavy atom. The molecule has 1 atom stereocenters. The second-order valence-corrected chi connectivity index (χ2v) is 5.13. The third-order valence-corrected chi connectivity index (χ3v) is 3.48. The van der Waals surface area contributed by atoms with Crippen LogP contribution in [0.1, 0.15) is 35.8 Å². The second kappa shape index (κ2) is 6.57. The van der Waals surface area contributed by atoms with Crippen LogP contribution in [0, 0.1) is 0 Å². The number of aromatic carboxylic acids is 1. The average Bonchev–Trinajstić information content (AvgIpc) is 2.46. The van der Waals surface area contributed by atoms with Crippen molar-refractivity contribution in [3.05, 3.63) is 46.7 Å². The molecular formula is C15H16N2O4S.